The van der Waals surface area contributed by atoms with E-state index in [0.29, 0.717) is 29.3 Å². The topological polar surface area (TPSA) is 73.2 Å². The summed E-state index contributed by atoms with van der Waals surface area (Å²) in [6.07, 6.45) is 4.37. The van der Waals surface area contributed by atoms with Gasteiger partial charge in [-0.1, -0.05) is 23.9 Å². The number of fused-ring (bicyclic) bond motifs is 2. The minimum absolute atomic E-state index is 0.0922. The van der Waals surface area contributed by atoms with Crippen molar-refractivity contribution in [2.75, 3.05) is 17.7 Å². The lowest BCUT2D eigenvalue weighted by molar-refractivity contribution is -0.115. The second-order valence-corrected chi connectivity index (χ2v) is 9.39. The number of nitrogens with zero attached hydrogens (tertiary/aromatic N) is 2. The van der Waals surface area contributed by atoms with Crippen LogP contribution in [0.25, 0.3) is 11.0 Å². The van der Waals surface area contributed by atoms with Crippen molar-refractivity contribution in [3.05, 3.63) is 40.3 Å². The molecule has 0 saturated carbocycles. The number of hydrogen-bond donors (Lipinski definition) is 1. The molecule has 0 fully saturated rings. The Labute approximate surface area is 184 Å². The molecule has 2 aromatic heterocycles. The maximum absolute atomic E-state index is 12.6. The average Bonchev–Trinajstić information content (AvgIpc) is 3.26. The van der Waals surface area contributed by atoms with Crippen LogP contribution in [0.1, 0.15) is 47.0 Å². The smallest absolute Gasteiger partial charge is 0.341 e. The molecule has 0 aliphatic heterocycles. The van der Waals surface area contributed by atoms with Crippen LogP contribution >= 0.6 is 23.1 Å². The number of thioether (sulfide) groups is 1. The van der Waals surface area contributed by atoms with Gasteiger partial charge in [-0.25, -0.2) is 9.78 Å². The van der Waals surface area contributed by atoms with Gasteiger partial charge in [-0.2, -0.15) is 0 Å². The van der Waals surface area contributed by atoms with Crippen LogP contribution in [0.5, 0.6) is 0 Å². The number of imidazole rings is 1. The fourth-order valence-electron chi connectivity index (χ4n) is 3.75. The Bertz CT molecular complexity index is 1090. The minimum atomic E-state index is -0.332. The SMILES string of the molecule is CCOC(=O)c1c(NC(=O)CCSc2nc3ccccc3n2C)sc2c1CCCC2. The lowest BCUT2D eigenvalue weighted by atomic mass is 9.95. The van der Waals surface area contributed by atoms with Crippen LogP contribution < -0.4 is 5.32 Å². The fraction of sp³-hybridized carbons (Fsp3) is 0.409. The number of nitrogens with one attached hydrogen (secondary N) is 1. The Morgan fingerprint density at radius 1 is 1.27 bits per heavy atom. The molecule has 0 bridgehead atoms. The molecular weight excluding hydrogens is 418 g/mol. The van der Waals surface area contributed by atoms with Crippen LogP contribution in [0.2, 0.25) is 0 Å². The molecule has 1 aliphatic rings. The van der Waals surface area contributed by atoms with Gasteiger partial charge in [0.25, 0.3) is 0 Å². The summed E-state index contributed by atoms with van der Waals surface area (Å²) in [6, 6.07) is 7.99. The largest absolute Gasteiger partial charge is 0.462 e. The molecule has 0 saturated heterocycles. The molecule has 8 heteroatoms. The molecule has 3 aromatic rings. The summed E-state index contributed by atoms with van der Waals surface area (Å²) in [6.45, 7) is 2.12. The highest BCUT2D eigenvalue weighted by atomic mass is 32.2. The van der Waals surface area contributed by atoms with Gasteiger partial charge < -0.3 is 14.6 Å². The van der Waals surface area contributed by atoms with Gasteiger partial charge in [0, 0.05) is 24.1 Å². The number of esters is 1. The molecule has 0 atom stereocenters. The molecule has 2 heterocycles. The first-order valence-corrected chi connectivity index (χ1v) is 12.0. The molecule has 30 heavy (non-hydrogen) atoms. The van der Waals surface area contributed by atoms with Gasteiger partial charge in [-0.05, 0) is 50.3 Å². The number of rotatable bonds is 7. The Morgan fingerprint density at radius 3 is 2.87 bits per heavy atom. The first-order chi connectivity index (χ1) is 14.6. The van der Waals surface area contributed by atoms with Crippen molar-refractivity contribution in [2.45, 2.75) is 44.2 Å². The van der Waals surface area contributed by atoms with Gasteiger partial charge in [0.15, 0.2) is 5.16 Å². The number of para-hydroxylation sites is 2. The second kappa shape index (κ2) is 9.22. The Hall–Kier alpha value is -2.32. The zero-order valence-electron chi connectivity index (χ0n) is 17.2. The standard InChI is InChI=1S/C22H25N3O3S2/c1-3-28-21(27)19-14-8-4-7-11-17(14)30-20(19)24-18(26)12-13-29-22-23-15-9-5-6-10-16(15)25(22)2/h5-6,9-10H,3-4,7-8,11-13H2,1-2H3,(H,24,26). The maximum Gasteiger partial charge on any atom is 0.341 e. The predicted molar refractivity (Wildman–Crippen MR) is 122 cm³/mol. The summed E-state index contributed by atoms with van der Waals surface area (Å²) >= 11 is 3.08. The third-order valence-electron chi connectivity index (χ3n) is 5.21. The van der Waals surface area contributed by atoms with Crippen molar-refractivity contribution in [1.29, 1.82) is 0 Å². The lowest BCUT2D eigenvalue weighted by Crippen LogP contribution is -2.16. The van der Waals surface area contributed by atoms with Crippen LogP contribution in [-0.4, -0.2) is 33.8 Å². The van der Waals surface area contributed by atoms with Gasteiger partial charge >= 0.3 is 5.97 Å². The van der Waals surface area contributed by atoms with Crippen LogP contribution in [0.15, 0.2) is 29.4 Å². The van der Waals surface area contributed by atoms with Gasteiger partial charge in [0.1, 0.15) is 5.00 Å². The summed E-state index contributed by atoms with van der Waals surface area (Å²) in [5.41, 5.74) is 3.66. The summed E-state index contributed by atoms with van der Waals surface area (Å²) in [5.74, 6) is 0.190. The predicted octanol–water partition coefficient (Wildman–Crippen LogP) is 4.81. The summed E-state index contributed by atoms with van der Waals surface area (Å²) in [7, 11) is 1.99. The Morgan fingerprint density at radius 2 is 2.07 bits per heavy atom. The van der Waals surface area contributed by atoms with Crippen LogP contribution in [0.3, 0.4) is 0 Å². The van der Waals surface area contributed by atoms with Crippen LogP contribution in [0.4, 0.5) is 5.00 Å². The van der Waals surface area contributed by atoms with E-state index in [1.807, 2.05) is 35.9 Å². The van der Waals surface area contributed by atoms with E-state index >= 15 is 0 Å². The van der Waals surface area contributed by atoms with Gasteiger partial charge in [-0.15, -0.1) is 11.3 Å². The summed E-state index contributed by atoms with van der Waals surface area (Å²) in [4.78, 5) is 31.0. The molecule has 0 unspecified atom stereocenters. The van der Waals surface area contributed by atoms with E-state index in [0.717, 1.165) is 47.4 Å². The van der Waals surface area contributed by atoms with Crippen LogP contribution in [-0.2, 0) is 29.4 Å². The fourth-order valence-corrected chi connectivity index (χ4v) is 5.97. The Kier molecular flexibility index (Phi) is 6.43. The molecule has 1 aromatic carbocycles. The molecule has 1 amide bonds. The number of hydrogen-bond acceptors (Lipinski definition) is 6. The monoisotopic (exact) mass is 443 g/mol. The summed E-state index contributed by atoms with van der Waals surface area (Å²) < 4.78 is 7.30. The van der Waals surface area contributed by atoms with E-state index < -0.39 is 0 Å². The van der Waals surface area contributed by atoms with E-state index in [-0.39, 0.29) is 11.9 Å². The molecule has 158 valence electrons. The first kappa shape index (κ1) is 20.9. The zero-order chi connectivity index (χ0) is 21.1. The van der Waals surface area contributed by atoms with Gasteiger partial charge in [0.05, 0.1) is 23.2 Å². The van der Waals surface area contributed by atoms with Gasteiger partial charge in [-0.3, -0.25) is 4.79 Å². The summed E-state index contributed by atoms with van der Waals surface area (Å²) in [5, 5.41) is 4.50. The van der Waals surface area contributed by atoms with Crippen LogP contribution in [0, 0.1) is 0 Å². The van der Waals surface area contributed by atoms with E-state index in [1.54, 1.807) is 18.7 Å². The van der Waals surface area contributed by atoms with E-state index in [9.17, 15) is 9.59 Å². The molecule has 1 aliphatic carbocycles. The van der Waals surface area contributed by atoms with E-state index in [1.165, 1.54) is 16.2 Å². The minimum Gasteiger partial charge on any atom is -0.462 e. The number of amides is 1. The van der Waals surface area contributed by atoms with Crippen molar-refractivity contribution in [2.24, 2.45) is 7.05 Å². The number of aryl methyl sites for hydroxylation is 2. The number of thiophene rings is 1. The van der Waals surface area contributed by atoms with Crippen molar-refractivity contribution in [3.63, 3.8) is 0 Å². The molecule has 4 rings (SSSR count). The van der Waals surface area contributed by atoms with Gasteiger partial charge in [0.2, 0.25) is 5.91 Å². The number of carbonyl (C=O) groups excluding carboxylic acids is 2. The second-order valence-electron chi connectivity index (χ2n) is 7.22. The molecule has 0 spiro atoms. The number of carbonyl (C=O) groups is 2. The first-order valence-electron chi connectivity index (χ1n) is 10.2. The quantitative estimate of drug-likeness (QED) is 0.419. The number of anilines is 1. The zero-order valence-corrected chi connectivity index (χ0v) is 18.8. The highest BCUT2D eigenvalue weighted by molar-refractivity contribution is 7.99. The van der Waals surface area contributed by atoms with E-state index in [4.69, 9.17) is 4.74 Å². The van der Waals surface area contributed by atoms with E-state index in [2.05, 4.69) is 10.3 Å². The number of ether oxygens (including phenoxy) is 1. The molecular formula is C22H25N3O3S2. The van der Waals surface area contributed by atoms with Crippen molar-refractivity contribution >= 4 is 51.0 Å². The van der Waals surface area contributed by atoms with Crippen molar-refractivity contribution < 1.29 is 14.3 Å². The van der Waals surface area contributed by atoms with Crippen molar-refractivity contribution in [1.82, 2.24) is 9.55 Å². The highest BCUT2D eigenvalue weighted by Crippen LogP contribution is 2.38. The molecule has 1 N–H and O–H groups in total. The Balaban J connectivity index is 1.42. The molecule has 6 nitrogen and oxygen atoms in total. The normalized spacial score (nSPS) is 13.3. The lowest BCUT2D eigenvalue weighted by Gasteiger charge is -2.12. The third kappa shape index (κ3) is 4.25. The number of aromatic nitrogens is 2. The average molecular weight is 444 g/mol. The molecule has 0 radical (unpaired) electrons. The maximum atomic E-state index is 12.6. The highest BCUT2D eigenvalue weighted by Gasteiger charge is 2.27. The van der Waals surface area contributed by atoms with Crippen molar-refractivity contribution in [3.8, 4) is 0 Å². The number of benzene rings is 1. The third-order valence-corrected chi connectivity index (χ3v) is 7.45.